The van der Waals surface area contributed by atoms with Crippen LogP contribution in [-0.4, -0.2) is 219 Å². The first-order valence-corrected chi connectivity index (χ1v) is 47.6. The Bertz CT molecular complexity index is 6730. The number of halogens is 3. The van der Waals surface area contributed by atoms with Crippen molar-refractivity contribution < 1.29 is 28.4 Å². The summed E-state index contributed by atoms with van der Waals surface area (Å²) in [5, 5.41) is 36.0. The average Bonchev–Trinajstić information content (AvgIpc) is 0.773. The van der Waals surface area contributed by atoms with Crippen LogP contribution >= 0.6 is 34.8 Å². The summed E-state index contributed by atoms with van der Waals surface area (Å²) in [7, 11) is 6.64. The summed E-state index contributed by atoms with van der Waals surface area (Å²) in [5.41, 5.74) is 13.8. The third-order valence-electron chi connectivity index (χ3n) is 24.5. The van der Waals surface area contributed by atoms with Crippen molar-refractivity contribution in [2.24, 2.45) is 0 Å². The molecule has 0 amide bonds. The van der Waals surface area contributed by atoms with Gasteiger partial charge in [0, 0.05) is 194 Å². The number of aryl methyl sites for hydroxylation is 1. The van der Waals surface area contributed by atoms with E-state index >= 15 is 0 Å². The Kier molecular flexibility index (Phi) is 30.5. The number of para-hydroxylation sites is 2. The van der Waals surface area contributed by atoms with Crippen LogP contribution < -0.4 is 86.0 Å². The Labute approximate surface area is 810 Å². The lowest BCUT2D eigenvalue weighted by molar-refractivity contribution is 0.0836. The second kappa shape index (κ2) is 44.9. The molecule has 137 heavy (non-hydrogen) atoms. The van der Waals surface area contributed by atoms with Gasteiger partial charge in [0.15, 0.2) is 0 Å². The largest absolute Gasteiger partial charge is 0.497 e. The van der Waals surface area contributed by atoms with Crippen LogP contribution in [0.2, 0.25) is 15.1 Å². The predicted molar refractivity (Wildman–Crippen MR) is 555 cm³/mol. The maximum absolute atomic E-state index is 6.34. The molecule has 0 bridgehead atoms. The van der Waals surface area contributed by atoms with Gasteiger partial charge in [-0.05, 0) is 214 Å². The number of nitrogens with zero attached hydrogens (tertiary/aromatic N) is 17. The number of benzene rings is 10. The molecule has 8 N–H and O–H groups in total. The maximum Gasteiger partial charge on any atom is 0.233 e. The molecule has 0 saturated carbocycles. The van der Waals surface area contributed by atoms with Gasteiger partial charge in [0.1, 0.15) is 28.8 Å². The molecule has 10 heterocycles. The number of morpholine rings is 1. The highest BCUT2D eigenvalue weighted by atomic mass is 35.5. The summed E-state index contributed by atoms with van der Waals surface area (Å²) in [6, 6.07) is 72.2. The highest BCUT2D eigenvalue weighted by Gasteiger charge is 2.28. The van der Waals surface area contributed by atoms with Crippen molar-refractivity contribution >= 4 is 188 Å². The van der Waals surface area contributed by atoms with Crippen molar-refractivity contribution in [1.82, 2.24) is 59.8 Å². The third-order valence-corrected chi connectivity index (χ3v) is 25.2. The first kappa shape index (κ1) is 93.1. The van der Waals surface area contributed by atoms with Crippen molar-refractivity contribution in [2.75, 3.05) is 227 Å². The summed E-state index contributed by atoms with van der Waals surface area (Å²) >= 11 is 18.9. The minimum Gasteiger partial charge on any atom is -0.497 e. The quantitative estimate of drug-likeness (QED) is 0.0143. The molecule has 0 aliphatic carbocycles. The first-order chi connectivity index (χ1) is 67.3. The lowest BCUT2D eigenvalue weighted by Gasteiger charge is -2.38. The van der Waals surface area contributed by atoms with E-state index in [1.807, 2.05) is 140 Å². The zero-order valence-electron chi connectivity index (χ0n) is 77.2. The van der Waals surface area contributed by atoms with E-state index in [1.165, 1.54) is 16.9 Å². The van der Waals surface area contributed by atoms with Crippen LogP contribution in [0.15, 0.2) is 218 Å². The fourth-order valence-electron chi connectivity index (χ4n) is 17.2. The number of piperazine rings is 2. The summed E-state index contributed by atoms with van der Waals surface area (Å²) in [4.78, 5) is 69.3. The number of pyridine rings is 3. The number of methoxy groups -OCH3 is 4. The molecule has 16 aromatic rings. The Morgan fingerprint density at radius 3 is 1.12 bits per heavy atom. The van der Waals surface area contributed by atoms with Crippen LogP contribution in [0.5, 0.6) is 23.0 Å². The molecule has 20 rings (SSSR count). The van der Waals surface area contributed by atoms with Crippen LogP contribution in [0.25, 0.3) is 65.4 Å². The fourth-order valence-corrected chi connectivity index (χ4v) is 17.7. The van der Waals surface area contributed by atoms with Crippen LogP contribution in [0.4, 0.5) is 87.4 Å². The Morgan fingerprint density at radius 2 is 0.664 bits per heavy atom. The lowest BCUT2D eigenvalue weighted by Crippen LogP contribution is -2.48. The van der Waals surface area contributed by atoms with Crippen LogP contribution in [-0.2, 0) is 15.9 Å². The molecule has 0 radical (unpaired) electrons. The van der Waals surface area contributed by atoms with Crippen molar-refractivity contribution in [1.29, 1.82) is 0 Å². The number of hydrogen-bond acceptors (Lipinski definition) is 31. The SMILES string of the molecule is CCc1ccc2nc3cc(Cl)ccc3c(NCCCNc3nc(Nc4ccc(OC)cc4)nc(N4CCOCC4)n3)c2c1.COc1ccc(Nc2nc(NCCNc3c4ccc(Cl)cc4nc4ccc(OC)cc34)nc(C3CCOCC3)n2)cc1.COc1ccc2nc3cc(Cl)ccc3c(NCCCNc3nc(N4CCN(c5ccccc5)CC4)nc(N4CCN(c5ccccc5)CC4)n3)c2c1. The number of nitrogens with one attached hydrogen (secondary N) is 8. The van der Waals surface area contributed by atoms with E-state index in [0.717, 1.165) is 245 Å². The van der Waals surface area contributed by atoms with Crippen molar-refractivity contribution in [3.05, 3.63) is 245 Å². The van der Waals surface area contributed by atoms with Crippen LogP contribution in [0.1, 0.15) is 49.9 Å². The van der Waals surface area contributed by atoms with Gasteiger partial charge < -0.3 is 95.5 Å². The molecular weight excluding hydrogens is 1790 g/mol. The number of fused-ring (bicyclic) bond motifs is 6. The van der Waals surface area contributed by atoms with Crippen molar-refractivity contribution in [3.63, 3.8) is 0 Å². The molecule has 34 heteroatoms. The standard InChI is InChI=1S/C40H43ClN10O.C32H35ClN8O2.C31H32ClN7O3/c1-52-32-14-16-35-34(28-32)37(33-15-13-29(41)27-36(33)44-35)42-17-8-18-43-38-45-39(50-23-19-48(20-24-50)30-9-4-2-5-10-30)47-40(46-38)51-25-21-49(22-26-51)31-11-6-3-7-12-31;1-3-21-5-12-27-26(19-21)29(25-11-6-22(33)20-28(25)37-27)34-13-4-14-35-30-38-31(36-23-7-9-24(42-2)10-8-23)40-32(39-30)41-15-17-43-18-16-41;1-40-22-6-4-21(5-7-22)35-31-38-29(19-11-15-42-16-12-19)37-30(39-31)34-14-13-33-28-24-9-3-20(32)17-27(24)36-26-10-8-23(41-2)18-25(26)28/h2-7,9-16,27-28H,8,17-26H2,1H3,(H,42,44)(H,43,45,46,47);5-12,19-20H,3-4,13-18H2,1-2H3,(H,34,37)(H2,35,36,38,39,40);3-10,17-19H,11-16H2,1-2H3,(H,33,36)(H2,34,35,37,38,39). The van der Waals surface area contributed by atoms with E-state index in [-0.39, 0.29) is 5.92 Å². The van der Waals surface area contributed by atoms with Crippen molar-refractivity contribution in [2.45, 2.75) is 44.9 Å². The van der Waals surface area contributed by atoms with Crippen LogP contribution in [0.3, 0.4) is 0 Å². The van der Waals surface area contributed by atoms with Crippen molar-refractivity contribution in [3.8, 4) is 23.0 Å². The molecular formula is C103H110Cl3N25O6. The molecule has 0 spiro atoms. The van der Waals surface area contributed by atoms with Gasteiger partial charge in [-0.3, -0.25) is 0 Å². The van der Waals surface area contributed by atoms with E-state index < -0.39 is 0 Å². The summed E-state index contributed by atoms with van der Waals surface area (Å²) < 4.78 is 32.7. The molecule has 10 aromatic carbocycles. The Hall–Kier alpha value is -14.4. The topological polar surface area (TPSA) is 322 Å². The van der Waals surface area contributed by atoms with Gasteiger partial charge in [-0.1, -0.05) is 84.2 Å². The van der Waals surface area contributed by atoms with E-state index in [0.29, 0.717) is 103 Å². The van der Waals surface area contributed by atoms with E-state index in [2.05, 4.69) is 163 Å². The molecule has 4 saturated heterocycles. The summed E-state index contributed by atoms with van der Waals surface area (Å²) in [6.45, 7) is 17.3. The first-order valence-electron chi connectivity index (χ1n) is 46.5. The lowest BCUT2D eigenvalue weighted by atomic mass is 10.00. The van der Waals surface area contributed by atoms with E-state index in [4.69, 9.17) is 113 Å². The molecule has 31 nitrogen and oxygen atoms in total. The number of aromatic nitrogens is 12. The zero-order valence-corrected chi connectivity index (χ0v) is 79.5. The molecule has 4 fully saturated rings. The Balaban J connectivity index is 0.000000138. The molecule has 0 unspecified atom stereocenters. The molecule has 0 atom stereocenters. The zero-order chi connectivity index (χ0) is 93.8. The monoisotopic (exact) mass is 1900 g/mol. The Morgan fingerprint density at radius 1 is 0.307 bits per heavy atom. The second-order valence-corrected chi connectivity index (χ2v) is 34.7. The number of ether oxygens (including phenoxy) is 6. The smallest absolute Gasteiger partial charge is 0.233 e. The fraction of sp³-hybridized carbons (Fsp3) is 0.301. The average molecular weight is 1900 g/mol. The third kappa shape index (κ3) is 23.4. The number of rotatable bonds is 32. The van der Waals surface area contributed by atoms with E-state index in [1.54, 1.807) is 28.4 Å². The molecule has 704 valence electrons. The van der Waals surface area contributed by atoms with Gasteiger partial charge >= 0.3 is 0 Å². The van der Waals surface area contributed by atoms with Gasteiger partial charge in [-0.2, -0.15) is 44.9 Å². The van der Waals surface area contributed by atoms with Gasteiger partial charge in [0.05, 0.1) is 91.8 Å². The minimum absolute atomic E-state index is 0.216. The highest BCUT2D eigenvalue weighted by Crippen LogP contribution is 2.39. The number of hydrogen-bond donors (Lipinski definition) is 8. The van der Waals surface area contributed by atoms with Gasteiger partial charge in [-0.25, -0.2) is 15.0 Å². The highest BCUT2D eigenvalue weighted by molar-refractivity contribution is 6.32. The molecule has 4 aliphatic rings. The summed E-state index contributed by atoms with van der Waals surface area (Å²) in [6.07, 6.45) is 4.40. The number of anilines is 15. The molecule has 4 aliphatic heterocycles. The normalized spacial score (nSPS) is 14.1. The predicted octanol–water partition coefficient (Wildman–Crippen LogP) is 19.5. The molecule has 6 aromatic heterocycles. The van der Waals surface area contributed by atoms with E-state index in [9.17, 15) is 0 Å². The van der Waals surface area contributed by atoms with Gasteiger partial charge in [0.2, 0.25) is 47.6 Å². The van der Waals surface area contributed by atoms with Crippen LogP contribution in [0, 0.1) is 0 Å². The second-order valence-electron chi connectivity index (χ2n) is 33.4. The summed E-state index contributed by atoms with van der Waals surface area (Å²) in [5.74, 6) is 8.78. The maximum atomic E-state index is 6.34. The minimum atomic E-state index is 0.216. The van der Waals surface area contributed by atoms with Gasteiger partial charge in [0.25, 0.3) is 0 Å². The van der Waals surface area contributed by atoms with Gasteiger partial charge in [-0.15, -0.1) is 0 Å².